The average molecular weight is 278 g/mol. The van der Waals surface area contributed by atoms with E-state index in [1.807, 2.05) is 12.1 Å². The Morgan fingerprint density at radius 2 is 1.70 bits per heavy atom. The van der Waals surface area contributed by atoms with Gasteiger partial charge < -0.3 is 15.7 Å². The number of aromatic hydroxyl groups is 1. The quantitative estimate of drug-likeness (QED) is 0.686. The van der Waals surface area contributed by atoms with Gasteiger partial charge in [0.2, 0.25) is 0 Å². The number of phenolic OH excluding ortho intramolecular Hbond substituents is 1. The first-order valence-corrected chi connectivity index (χ1v) is 7.99. The number of anilines is 1. The molecule has 0 aromatic heterocycles. The predicted octanol–water partition coefficient (Wildman–Crippen LogP) is 3.69. The molecule has 0 aliphatic heterocycles. The molecule has 1 aromatic rings. The van der Waals surface area contributed by atoms with E-state index in [1.54, 1.807) is 0 Å². The van der Waals surface area contributed by atoms with Crippen LogP contribution in [0.25, 0.3) is 0 Å². The van der Waals surface area contributed by atoms with E-state index in [0.29, 0.717) is 12.3 Å². The minimum atomic E-state index is 0.411. The van der Waals surface area contributed by atoms with Crippen molar-refractivity contribution in [2.75, 3.05) is 24.5 Å². The lowest BCUT2D eigenvalue weighted by atomic mass is 10.1. The number of aryl methyl sites for hydroxylation is 1. The summed E-state index contributed by atoms with van der Waals surface area (Å²) >= 11 is 0. The molecular formula is C17H30N2O. The van der Waals surface area contributed by atoms with Gasteiger partial charge in [0.15, 0.2) is 0 Å². The smallest absolute Gasteiger partial charge is 0.120 e. The van der Waals surface area contributed by atoms with Gasteiger partial charge in [0, 0.05) is 24.8 Å². The number of hydrogen-bond acceptors (Lipinski definition) is 3. The zero-order valence-corrected chi connectivity index (χ0v) is 13.1. The zero-order valence-electron chi connectivity index (χ0n) is 13.1. The number of phenols is 1. The van der Waals surface area contributed by atoms with Crippen molar-refractivity contribution in [3.63, 3.8) is 0 Å². The lowest BCUT2D eigenvalue weighted by molar-refractivity contribution is 0.467. The summed E-state index contributed by atoms with van der Waals surface area (Å²) < 4.78 is 0. The van der Waals surface area contributed by atoms with Gasteiger partial charge in [-0.15, -0.1) is 0 Å². The highest BCUT2D eigenvalue weighted by atomic mass is 16.3. The highest BCUT2D eigenvalue weighted by Crippen LogP contribution is 2.26. The second-order valence-electron chi connectivity index (χ2n) is 5.40. The minimum Gasteiger partial charge on any atom is -0.508 e. The highest BCUT2D eigenvalue weighted by molar-refractivity contribution is 5.53. The second kappa shape index (κ2) is 9.65. The number of hydrogen-bond donors (Lipinski definition) is 2. The summed E-state index contributed by atoms with van der Waals surface area (Å²) in [5.41, 5.74) is 7.67. The number of benzene rings is 1. The van der Waals surface area contributed by atoms with E-state index in [4.69, 9.17) is 5.73 Å². The normalized spacial score (nSPS) is 10.8. The molecule has 3 nitrogen and oxygen atoms in total. The molecule has 0 bridgehead atoms. The molecule has 20 heavy (non-hydrogen) atoms. The molecule has 0 heterocycles. The molecule has 1 rings (SSSR count). The molecule has 3 heteroatoms. The van der Waals surface area contributed by atoms with Crippen LogP contribution in [0, 0.1) is 0 Å². The van der Waals surface area contributed by atoms with Crippen molar-refractivity contribution in [2.45, 2.75) is 52.4 Å². The van der Waals surface area contributed by atoms with E-state index in [0.717, 1.165) is 37.2 Å². The topological polar surface area (TPSA) is 49.5 Å². The van der Waals surface area contributed by atoms with Crippen LogP contribution >= 0.6 is 0 Å². The third kappa shape index (κ3) is 5.41. The molecule has 0 aliphatic rings. The van der Waals surface area contributed by atoms with Crippen LogP contribution < -0.4 is 10.6 Å². The Morgan fingerprint density at radius 1 is 1.05 bits per heavy atom. The summed E-state index contributed by atoms with van der Waals surface area (Å²) in [5.74, 6) is 0.411. The maximum absolute atomic E-state index is 10.2. The monoisotopic (exact) mass is 278 g/mol. The second-order valence-corrected chi connectivity index (χ2v) is 5.40. The number of nitrogens with two attached hydrogens (primary N) is 1. The van der Waals surface area contributed by atoms with Crippen molar-refractivity contribution in [1.82, 2.24) is 0 Å². The fourth-order valence-electron chi connectivity index (χ4n) is 2.32. The van der Waals surface area contributed by atoms with Crippen LogP contribution in [0.15, 0.2) is 18.2 Å². The summed E-state index contributed by atoms with van der Waals surface area (Å²) in [4.78, 5) is 2.39. The van der Waals surface area contributed by atoms with Crippen molar-refractivity contribution in [3.8, 4) is 5.75 Å². The first-order chi connectivity index (χ1) is 9.72. The predicted molar refractivity (Wildman–Crippen MR) is 87.5 cm³/mol. The molecule has 1 aromatic carbocycles. The Kier molecular flexibility index (Phi) is 8.12. The van der Waals surface area contributed by atoms with Crippen molar-refractivity contribution in [2.24, 2.45) is 5.73 Å². The molecule has 0 spiro atoms. The minimum absolute atomic E-state index is 0.411. The number of rotatable bonds is 10. The fraction of sp³-hybridized carbons (Fsp3) is 0.647. The third-order valence-corrected chi connectivity index (χ3v) is 3.65. The van der Waals surface area contributed by atoms with E-state index in [1.165, 1.54) is 25.7 Å². The van der Waals surface area contributed by atoms with Crippen LogP contribution in [0.1, 0.15) is 51.5 Å². The van der Waals surface area contributed by atoms with Gasteiger partial charge in [0.1, 0.15) is 5.75 Å². The Balaban J connectivity index is 2.76. The Bertz CT molecular complexity index is 371. The van der Waals surface area contributed by atoms with E-state index in [2.05, 4.69) is 24.8 Å². The van der Waals surface area contributed by atoms with Crippen LogP contribution in [0.3, 0.4) is 0 Å². The van der Waals surface area contributed by atoms with Gasteiger partial charge in [0.05, 0.1) is 0 Å². The molecule has 0 radical (unpaired) electrons. The SMILES string of the molecule is CCCCN(CCCC)c1ccc(CCCN)c(O)c1. The average Bonchev–Trinajstić information content (AvgIpc) is 2.46. The summed E-state index contributed by atoms with van der Waals surface area (Å²) in [6, 6.07) is 6.10. The molecule has 0 saturated carbocycles. The molecule has 0 unspecified atom stereocenters. The highest BCUT2D eigenvalue weighted by Gasteiger charge is 2.09. The van der Waals surface area contributed by atoms with E-state index < -0.39 is 0 Å². The van der Waals surface area contributed by atoms with Crippen LogP contribution in [0.5, 0.6) is 5.75 Å². The first kappa shape index (κ1) is 16.8. The molecular weight excluding hydrogens is 248 g/mol. The summed E-state index contributed by atoms with van der Waals surface area (Å²) in [6.45, 7) is 7.23. The largest absolute Gasteiger partial charge is 0.508 e. The van der Waals surface area contributed by atoms with Gasteiger partial charge in [-0.1, -0.05) is 32.8 Å². The van der Waals surface area contributed by atoms with Gasteiger partial charge in [-0.3, -0.25) is 0 Å². The maximum atomic E-state index is 10.2. The molecule has 0 saturated heterocycles. The van der Waals surface area contributed by atoms with E-state index in [9.17, 15) is 5.11 Å². The van der Waals surface area contributed by atoms with Crippen LogP contribution in [0.2, 0.25) is 0 Å². The van der Waals surface area contributed by atoms with Crippen molar-refractivity contribution >= 4 is 5.69 Å². The van der Waals surface area contributed by atoms with Crippen molar-refractivity contribution < 1.29 is 5.11 Å². The Morgan fingerprint density at radius 3 is 2.20 bits per heavy atom. The molecule has 114 valence electrons. The van der Waals surface area contributed by atoms with Crippen LogP contribution in [0.4, 0.5) is 5.69 Å². The molecule has 3 N–H and O–H groups in total. The molecule has 0 amide bonds. The van der Waals surface area contributed by atoms with Gasteiger partial charge in [-0.2, -0.15) is 0 Å². The van der Waals surface area contributed by atoms with Crippen LogP contribution in [-0.4, -0.2) is 24.7 Å². The fourth-order valence-corrected chi connectivity index (χ4v) is 2.32. The van der Waals surface area contributed by atoms with Crippen molar-refractivity contribution in [1.29, 1.82) is 0 Å². The zero-order chi connectivity index (χ0) is 14.8. The standard InChI is InChI=1S/C17H30N2O/c1-3-5-12-19(13-6-4-2)16-10-9-15(8-7-11-18)17(20)14-16/h9-10,14,20H,3-8,11-13,18H2,1-2H3. The summed E-state index contributed by atoms with van der Waals surface area (Å²) in [7, 11) is 0. The molecule has 0 atom stereocenters. The lowest BCUT2D eigenvalue weighted by Gasteiger charge is -2.25. The molecule has 0 fully saturated rings. The Hall–Kier alpha value is -1.22. The summed E-state index contributed by atoms with van der Waals surface area (Å²) in [5, 5.41) is 10.2. The lowest BCUT2D eigenvalue weighted by Crippen LogP contribution is -2.25. The maximum Gasteiger partial charge on any atom is 0.120 e. The first-order valence-electron chi connectivity index (χ1n) is 7.99. The van der Waals surface area contributed by atoms with Gasteiger partial charge >= 0.3 is 0 Å². The van der Waals surface area contributed by atoms with Crippen molar-refractivity contribution in [3.05, 3.63) is 23.8 Å². The van der Waals surface area contributed by atoms with E-state index >= 15 is 0 Å². The van der Waals surface area contributed by atoms with Gasteiger partial charge in [-0.05, 0) is 43.9 Å². The van der Waals surface area contributed by atoms with E-state index in [-0.39, 0.29) is 0 Å². The Labute approximate surface area is 123 Å². The molecule has 0 aliphatic carbocycles. The van der Waals surface area contributed by atoms with Gasteiger partial charge in [-0.25, -0.2) is 0 Å². The number of unbranched alkanes of at least 4 members (excludes halogenated alkanes) is 2. The van der Waals surface area contributed by atoms with Crippen LogP contribution in [-0.2, 0) is 6.42 Å². The third-order valence-electron chi connectivity index (χ3n) is 3.65. The number of nitrogens with zero attached hydrogens (tertiary/aromatic N) is 1. The summed E-state index contributed by atoms with van der Waals surface area (Å²) in [6.07, 6.45) is 6.56. The van der Waals surface area contributed by atoms with Gasteiger partial charge in [0.25, 0.3) is 0 Å².